The first-order valence-electron chi connectivity index (χ1n) is 5.98. The highest BCUT2D eigenvalue weighted by Gasteiger charge is 2.20. The van der Waals surface area contributed by atoms with Crippen molar-refractivity contribution < 1.29 is 13.9 Å². The molecule has 3 heteroatoms. The molecule has 0 spiro atoms. The van der Waals surface area contributed by atoms with Crippen molar-refractivity contribution in [3.05, 3.63) is 71.0 Å². The molecule has 0 saturated heterocycles. The molecule has 0 unspecified atom stereocenters. The van der Waals surface area contributed by atoms with Crippen LogP contribution in [0, 0.1) is 5.82 Å². The van der Waals surface area contributed by atoms with Crippen LogP contribution in [0.3, 0.4) is 0 Å². The van der Waals surface area contributed by atoms with Crippen LogP contribution >= 0.6 is 0 Å². The minimum Gasteiger partial charge on any atom is -0.426 e. The Bertz CT molecular complexity index is 674. The average Bonchev–Trinajstić information content (AvgIpc) is 2.38. The Morgan fingerprint density at radius 3 is 2.79 bits per heavy atom. The SMILES string of the molecule is O=C1Cc2ccccc2/C(=C/c2cccc(F)c2)O1. The molecule has 0 radical (unpaired) electrons. The average molecular weight is 254 g/mol. The van der Waals surface area contributed by atoms with E-state index in [1.54, 1.807) is 18.2 Å². The molecule has 0 amide bonds. The van der Waals surface area contributed by atoms with E-state index >= 15 is 0 Å². The van der Waals surface area contributed by atoms with Crippen molar-refractivity contribution in [1.82, 2.24) is 0 Å². The first-order chi connectivity index (χ1) is 9.22. The molecule has 2 aromatic rings. The number of carbonyl (C=O) groups is 1. The Hall–Kier alpha value is -2.42. The molecule has 0 N–H and O–H groups in total. The maximum absolute atomic E-state index is 13.2. The molecule has 94 valence electrons. The molecule has 19 heavy (non-hydrogen) atoms. The van der Waals surface area contributed by atoms with Gasteiger partial charge in [0.25, 0.3) is 0 Å². The number of rotatable bonds is 1. The summed E-state index contributed by atoms with van der Waals surface area (Å²) in [7, 11) is 0. The number of hydrogen-bond acceptors (Lipinski definition) is 2. The predicted molar refractivity (Wildman–Crippen MR) is 70.5 cm³/mol. The van der Waals surface area contributed by atoms with Gasteiger partial charge in [-0.05, 0) is 29.3 Å². The maximum atomic E-state index is 13.2. The molecule has 0 saturated carbocycles. The molecular formula is C16H11FO2. The molecule has 0 atom stereocenters. The van der Waals surface area contributed by atoms with Gasteiger partial charge in [0.2, 0.25) is 0 Å². The standard InChI is InChI=1S/C16H11FO2/c17-13-6-3-4-11(8-13)9-15-14-7-2-1-5-12(14)10-16(18)19-15/h1-9H,10H2/b15-9-. The van der Waals surface area contributed by atoms with Gasteiger partial charge in [-0.1, -0.05) is 36.4 Å². The summed E-state index contributed by atoms with van der Waals surface area (Å²) in [6, 6.07) is 13.7. The molecule has 2 nitrogen and oxygen atoms in total. The van der Waals surface area contributed by atoms with Crippen molar-refractivity contribution in [2.75, 3.05) is 0 Å². The molecule has 3 rings (SSSR count). The monoisotopic (exact) mass is 254 g/mol. The number of ether oxygens (including phenoxy) is 1. The van der Waals surface area contributed by atoms with Crippen LogP contribution in [0.2, 0.25) is 0 Å². The lowest BCUT2D eigenvalue weighted by Gasteiger charge is -2.18. The topological polar surface area (TPSA) is 26.3 Å². The summed E-state index contributed by atoms with van der Waals surface area (Å²) in [5.41, 5.74) is 2.48. The fourth-order valence-electron chi connectivity index (χ4n) is 2.14. The van der Waals surface area contributed by atoms with Crippen LogP contribution in [0.5, 0.6) is 0 Å². The van der Waals surface area contributed by atoms with Crippen LogP contribution in [-0.4, -0.2) is 5.97 Å². The number of halogens is 1. The number of carbonyl (C=O) groups excluding carboxylic acids is 1. The third kappa shape index (κ3) is 2.40. The van der Waals surface area contributed by atoms with Gasteiger partial charge >= 0.3 is 5.97 Å². The van der Waals surface area contributed by atoms with E-state index in [2.05, 4.69) is 0 Å². The minimum atomic E-state index is -0.315. The van der Waals surface area contributed by atoms with E-state index in [-0.39, 0.29) is 18.2 Å². The predicted octanol–water partition coefficient (Wildman–Crippen LogP) is 3.42. The molecule has 0 bridgehead atoms. The Morgan fingerprint density at radius 1 is 1.11 bits per heavy atom. The second kappa shape index (κ2) is 4.69. The maximum Gasteiger partial charge on any atom is 0.315 e. The van der Waals surface area contributed by atoms with Crippen molar-refractivity contribution in [1.29, 1.82) is 0 Å². The minimum absolute atomic E-state index is 0.274. The second-order valence-electron chi connectivity index (χ2n) is 4.37. The Balaban J connectivity index is 2.08. The van der Waals surface area contributed by atoms with Gasteiger partial charge in [0.05, 0.1) is 6.42 Å². The second-order valence-corrected chi connectivity index (χ2v) is 4.37. The first-order valence-corrected chi connectivity index (χ1v) is 5.98. The van der Waals surface area contributed by atoms with Gasteiger partial charge in [0, 0.05) is 5.56 Å². The van der Waals surface area contributed by atoms with Crippen LogP contribution < -0.4 is 0 Å². The Labute approximate surface area is 110 Å². The normalized spacial score (nSPS) is 16.1. The van der Waals surface area contributed by atoms with Gasteiger partial charge in [-0.25, -0.2) is 4.39 Å². The van der Waals surface area contributed by atoms with Crippen LogP contribution in [0.4, 0.5) is 4.39 Å². The van der Waals surface area contributed by atoms with Crippen molar-refractivity contribution in [2.45, 2.75) is 6.42 Å². The lowest BCUT2D eigenvalue weighted by molar-refractivity contribution is -0.136. The molecule has 1 aliphatic rings. The quantitative estimate of drug-likeness (QED) is 0.729. The third-order valence-electron chi connectivity index (χ3n) is 2.99. The van der Waals surface area contributed by atoms with Gasteiger partial charge in [-0.3, -0.25) is 4.79 Å². The molecule has 0 aromatic heterocycles. The Kier molecular flexibility index (Phi) is 2.88. The summed E-state index contributed by atoms with van der Waals surface area (Å²) in [5.74, 6) is -0.136. The lowest BCUT2D eigenvalue weighted by Crippen LogP contribution is -2.15. The van der Waals surface area contributed by atoms with E-state index in [4.69, 9.17) is 4.74 Å². The van der Waals surface area contributed by atoms with Gasteiger partial charge < -0.3 is 4.74 Å². The summed E-state index contributed by atoms with van der Waals surface area (Å²) >= 11 is 0. The fourth-order valence-corrected chi connectivity index (χ4v) is 2.14. The van der Waals surface area contributed by atoms with E-state index in [0.717, 1.165) is 11.1 Å². The summed E-state index contributed by atoms with van der Waals surface area (Å²) in [4.78, 5) is 11.6. The smallest absolute Gasteiger partial charge is 0.315 e. The van der Waals surface area contributed by atoms with Crippen LogP contribution in [0.1, 0.15) is 16.7 Å². The van der Waals surface area contributed by atoms with Crippen molar-refractivity contribution in [3.63, 3.8) is 0 Å². The lowest BCUT2D eigenvalue weighted by atomic mass is 9.99. The van der Waals surface area contributed by atoms with Crippen molar-refractivity contribution in [2.24, 2.45) is 0 Å². The highest BCUT2D eigenvalue weighted by atomic mass is 19.1. The van der Waals surface area contributed by atoms with E-state index in [0.29, 0.717) is 11.3 Å². The third-order valence-corrected chi connectivity index (χ3v) is 2.99. The van der Waals surface area contributed by atoms with Gasteiger partial charge in [0.15, 0.2) is 0 Å². The fraction of sp³-hybridized carbons (Fsp3) is 0.0625. The molecule has 1 heterocycles. The molecule has 2 aromatic carbocycles. The zero-order valence-electron chi connectivity index (χ0n) is 10.1. The van der Waals surface area contributed by atoms with Crippen LogP contribution in [0.25, 0.3) is 11.8 Å². The molecule has 1 aliphatic heterocycles. The van der Waals surface area contributed by atoms with Crippen molar-refractivity contribution >= 4 is 17.8 Å². The van der Waals surface area contributed by atoms with E-state index in [1.165, 1.54) is 12.1 Å². The van der Waals surface area contributed by atoms with Crippen LogP contribution in [-0.2, 0) is 16.0 Å². The summed E-state index contributed by atoms with van der Waals surface area (Å²) < 4.78 is 18.4. The van der Waals surface area contributed by atoms with Gasteiger partial charge in [-0.2, -0.15) is 0 Å². The first kappa shape index (κ1) is 11.7. The summed E-state index contributed by atoms with van der Waals surface area (Å²) in [5, 5.41) is 0. The van der Waals surface area contributed by atoms with Crippen LogP contribution in [0.15, 0.2) is 48.5 Å². The molecule has 0 fully saturated rings. The van der Waals surface area contributed by atoms with E-state index < -0.39 is 0 Å². The van der Waals surface area contributed by atoms with E-state index in [1.807, 2.05) is 24.3 Å². The largest absolute Gasteiger partial charge is 0.426 e. The highest BCUT2D eigenvalue weighted by molar-refractivity contribution is 5.91. The number of cyclic esters (lactones) is 1. The summed E-state index contributed by atoms with van der Waals surface area (Å²) in [6.07, 6.45) is 1.95. The number of fused-ring (bicyclic) bond motifs is 1. The zero-order valence-corrected chi connectivity index (χ0v) is 10.1. The molecular weight excluding hydrogens is 243 g/mol. The highest BCUT2D eigenvalue weighted by Crippen LogP contribution is 2.28. The van der Waals surface area contributed by atoms with Crippen molar-refractivity contribution in [3.8, 4) is 0 Å². The summed E-state index contributed by atoms with van der Waals surface area (Å²) in [6.45, 7) is 0. The number of benzene rings is 2. The van der Waals surface area contributed by atoms with E-state index in [9.17, 15) is 9.18 Å². The van der Waals surface area contributed by atoms with Gasteiger partial charge in [-0.15, -0.1) is 0 Å². The Morgan fingerprint density at radius 2 is 1.95 bits per heavy atom. The number of hydrogen-bond donors (Lipinski definition) is 0. The zero-order chi connectivity index (χ0) is 13.2. The number of esters is 1. The van der Waals surface area contributed by atoms with Gasteiger partial charge in [0.1, 0.15) is 11.6 Å². The molecule has 0 aliphatic carbocycles.